The van der Waals surface area contributed by atoms with Gasteiger partial charge in [-0.2, -0.15) is 0 Å². The summed E-state index contributed by atoms with van der Waals surface area (Å²) in [7, 11) is 0. The first kappa shape index (κ1) is 15.0. The lowest BCUT2D eigenvalue weighted by molar-refractivity contribution is 1.31. The van der Waals surface area contributed by atoms with Crippen molar-refractivity contribution in [2.24, 2.45) is 0 Å². The standard InChI is InChI=1S/C21H12N4O3/c22-7-1-10-16-11(2-7)20(27)14-5-9(24)6-15-18(14)25(16)17-12(19(10)26)3-8(23)4-13(17)21(15)28/h1-6H,22-24H2. The lowest BCUT2D eigenvalue weighted by atomic mass is 9.97. The Morgan fingerprint density at radius 1 is 0.464 bits per heavy atom. The molecule has 6 N–H and O–H groups in total. The second-order valence-corrected chi connectivity index (χ2v) is 7.22. The molecule has 0 aliphatic carbocycles. The molecule has 7 heteroatoms. The molecule has 6 aromatic rings. The molecule has 6 rings (SSSR count). The van der Waals surface area contributed by atoms with Gasteiger partial charge in [-0.25, -0.2) is 0 Å². The summed E-state index contributed by atoms with van der Waals surface area (Å²) in [6, 6.07) is 9.33. The molecule has 0 bridgehead atoms. The van der Waals surface area contributed by atoms with Gasteiger partial charge in [-0.1, -0.05) is 0 Å². The van der Waals surface area contributed by atoms with Crippen molar-refractivity contribution in [1.29, 1.82) is 0 Å². The zero-order valence-corrected chi connectivity index (χ0v) is 14.4. The Kier molecular flexibility index (Phi) is 2.35. The highest BCUT2D eigenvalue weighted by atomic mass is 16.1. The fraction of sp³-hybridized carbons (Fsp3) is 0. The van der Waals surface area contributed by atoms with Gasteiger partial charge in [-0.05, 0) is 36.4 Å². The van der Waals surface area contributed by atoms with Crippen molar-refractivity contribution < 1.29 is 0 Å². The van der Waals surface area contributed by atoms with Gasteiger partial charge in [0, 0.05) is 49.4 Å². The van der Waals surface area contributed by atoms with Gasteiger partial charge in [-0.15, -0.1) is 0 Å². The molecule has 0 aliphatic rings. The Morgan fingerprint density at radius 2 is 0.679 bits per heavy atom. The number of pyridine rings is 3. The van der Waals surface area contributed by atoms with E-state index in [1.54, 1.807) is 36.4 Å². The summed E-state index contributed by atoms with van der Waals surface area (Å²) in [6.07, 6.45) is 0. The molecule has 0 amide bonds. The predicted molar refractivity (Wildman–Crippen MR) is 113 cm³/mol. The van der Waals surface area contributed by atoms with Crippen molar-refractivity contribution in [3.63, 3.8) is 0 Å². The van der Waals surface area contributed by atoms with Crippen LogP contribution < -0.4 is 33.5 Å². The number of benzene rings is 3. The van der Waals surface area contributed by atoms with Crippen LogP contribution >= 0.6 is 0 Å². The van der Waals surface area contributed by atoms with Crippen molar-refractivity contribution in [2.75, 3.05) is 17.2 Å². The third-order valence-corrected chi connectivity index (χ3v) is 5.54. The van der Waals surface area contributed by atoms with Gasteiger partial charge in [0.25, 0.3) is 0 Å². The van der Waals surface area contributed by atoms with Crippen LogP contribution in [-0.2, 0) is 0 Å². The maximum atomic E-state index is 13.2. The van der Waals surface area contributed by atoms with E-state index in [0.717, 1.165) is 0 Å². The Labute approximate surface area is 155 Å². The monoisotopic (exact) mass is 368 g/mol. The SMILES string of the molecule is Nc1cc2c(=O)c3cc(N)cc4c(=O)c5cc(N)cc6c(=O)c(c1)c2n(c34)c65. The Balaban J connectivity index is 2.24. The number of nitrogens with zero attached hydrogens (tertiary/aromatic N) is 1. The molecule has 0 spiro atoms. The molecule has 3 aromatic carbocycles. The van der Waals surface area contributed by atoms with Gasteiger partial charge < -0.3 is 21.6 Å². The van der Waals surface area contributed by atoms with Crippen LogP contribution in [0.5, 0.6) is 0 Å². The third-order valence-electron chi connectivity index (χ3n) is 5.54. The van der Waals surface area contributed by atoms with E-state index < -0.39 is 0 Å². The Hall–Kier alpha value is -4.13. The molecule has 0 aliphatic heterocycles. The van der Waals surface area contributed by atoms with Gasteiger partial charge >= 0.3 is 0 Å². The highest BCUT2D eigenvalue weighted by Gasteiger charge is 2.23. The molecule has 0 saturated carbocycles. The van der Waals surface area contributed by atoms with Crippen LogP contribution in [0.25, 0.3) is 48.9 Å². The summed E-state index contributed by atoms with van der Waals surface area (Å²) in [5, 5.41) is 1.89. The molecule has 3 heterocycles. The van der Waals surface area contributed by atoms with E-state index >= 15 is 0 Å². The smallest absolute Gasteiger partial charge is 0.197 e. The highest BCUT2D eigenvalue weighted by Crippen LogP contribution is 2.34. The van der Waals surface area contributed by atoms with Crippen LogP contribution in [0.3, 0.4) is 0 Å². The minimum atomic E-state index is -0.314. The fourth-order valence-corrected chi connectivity index (χ4v) is 4.50. The Morgan fingerprint density at radius 3 is 0.893 bits per heavy atom. The number of aromatic nitrogens is 1. The number of hydrogen-bond acceptors (Lipinski definition) is 6. The van der Waals surface area contributed by atoms with Crippen molar-refractivity contribution in [3.05, 3.63) is 67.1 Å². The van der Waals surface area contributed by atoms with Crippen LogP contribution in [0.4, 0.5) is 17.1 Å². The average Bonchev–Trinajstić information content (AvgIpc) is 2.65. The number of anilines is 3. The van der Waals surface area contributed by atoms with E-state index in [9.17, 15) is 14.4 Å². The van der Waals surface area contributed by atoms with Crippen LogP contribution in [0, 0.1) is 0 Å². The molecule has 0 radical (unpaired) electrons. The fourth-order valence-electron chi connectivity index (χ4n) is 4.50. The summed E-state index contributed by atoms with van der Waals surface area (Å²) < 4.78 is 1.81. The van der Waals surface area contributed by atoms with Gasteiger partial charge in [0.05, 0.1) is 16.6 Å². The zero-order chi connectivity index (χ0) is 19.5. The zero-order valence-electron chi connectivity index (χ0n) is 14.4. The maximum Gasteiger partial charge on any atom is 0.197 e. The first-order chi connectivity index (χ1) is 13.4. The summed E-state index contributed by atoms with van der Waals surface area (Å²) in [4.78, 5) is 39.7. The summed E-state index contributed by atoms with van der Waals surface area (Å²) in [5.74, 6) is 0. The third kappa shape index (κ3) is 1.49. The largest absolute Gasteiger partial charge is 0.399 e. The Bertz CT molecular complexity index is 1490. The molecule has 0 saturated heterocycles. The first-order valence-corrected chi connectivity index (χ1v) is 8.61. The maximum absolute atomic E-state index is 13.2. The van der Waals surface area contributed by atoms with Crippen molar-refractivity contribution in [1.82, 2.24) is 4.40 Å². The molecule has 134 valence electrons. The number of nitrogens with two attached hydrogens (primary N) is 3. The van der Waals surface area contributed by atoms with Gasteiger partial charge in [0.2, 0.25) is 0 Å². The second kappa shape index (κ2) is 4.40. The normalized spacial score (nSPS) is 12.4. The van der Waals surface area contributed by atoms with E-state index in [-0.39, 0.29) is 16.3 Å². The predicted octanol–water partition coefficient (Wildman–Crippen LogP) is 1.69. The summed E-state index contributed by atoms with van der Waals surface area (Å²) in [6.45, 7) is 0. The number of hydrogen-bond donors (Lipinski definition) is 3. The second-order valence-electron chi connectivity index (χ2n) is 7.22. The van der Waals surface area contributed by atoms with Gasteiger partial charge in [-0.3, -0.25) is 14.4 Å². The molecule has 7 nitrogen and oxygen atoms in total. The summed E-state index contributed by atoms with van der Waals surface area (Å²) in [5.41, 5.74) is 19.3. The van der Waals surface area contributed by atoms with Crippen LogP contribution in [0.2, 0.25) is 0 Å². The molecule has 0 unspecified atom stereocenters. The van der Waals surface area contributed by atoms with E-state index in [2.05, 4.69) is 0 Å². The molecule has 0 atom stereocenters. The van der Waals surface area contributed by atoms with Crippen molar-refractivity contribution >= 4 is 65.9 Å². The first-order valence-electron chi connectivity index (χ1n) is 8.61. The summed E-state index contributed by atoms with van der Waals surface area (Å²) >= 11 is 0. The average molecular weight is 368 g/mol. The molecular weight excluding hydrogens is 356 g/mol. The van der Waals surface area contributed by atoms with Crippen molar-refractivity contribution in [3.8, 4) is 0 Å². The van der Waals surface area contributed by atoms with E-state index in [1.807, 2.05) is 4.40 Å². The highest BCUT2D eigenvalue weighted by molar-refractivity contribution is 6.17. The van der Waals surface area contributed by atoms with E-state index in [0.29, 0.717) is 65.9 Å². The van der Waals surface area contributed by atoms with Crippen LogP contribution in [0.1, 0.15) is 0 Å². The number of rotatable bonds is 0. The minimum Gasteiger partial charge on any atom is -0.399 e. The number of nitrogen functional groups attached to an aromatic ring is 3. The molecule has 0 fully saturated rings. The molecular formula is C21H12N4O3. The van der Waals surface area contributed by atoms with Crippen molar-refractivity contribution in [2.45, 2.75) is 0 Å². The lowest BCUT2D eigenvalue weighted by Crippen LogP contribution is -2.19. The topological polar surface area (TPSA) is 134 Å². The van der Waals surface area contributed by atoms with Crippen LogP contribution in [-0.4, -0.2) is 4.40 Å². The van der Waals surface area contributed by atoms with Gasteiger partial charge in [0.1, 0.15) is 0 Å². The van der Waals surface area contributed by atoms with E-state index in [4.69, 9.17) is 17.2 Å². The molecule has 3 aromatic heterocycles. The lowest BCUT2D eigenvalue weighted by Gasteiger charge is -2.19. The quantitative estimate of drug-likeness (QED) is 0.212. The van der Waals surface area contributed by atoms with Crippen LogP contribution in [0.15, 0.2) is 50.8 Å². The molecule has 28 heavy (non-hydrogen) atoms. The minimum absolute atomic E-state index is 0.309. The van der Waals surface area contributed by atoms with E-state index in [1.165, 1.54) is 0 Å². The van der Waals surface area contributed by atoms with Gasteiger partial charge in [0.15, 0.2) is 16.3 Å².